The average Bonchev–Trinajstić information content (AvgIpc) is 3.21. The molecule has 0 amide bonds. The van der Waals surface area contributed by atoms with Gasteiger partial charge >= 0.3 is 0 Å². The molecule has 0 unspecified atom stereocenters. The van der Waals surface area contributed by atoms with E-state index in [1.807, 2.05) is 6.07 Å². The maximum Gasteiger partial charge on any atom is 0.164 e. The molecule has 234 valence electrons. The lowest BCUT2D eigenvalue weighted by atomic mass is 9.97. The van der Waals surface area contributed by atoms with Crippen LogP contribution in [-0.4, -0.2) is 15.0 Å². The SMILES string of the molecule is c1ccc(-c2ccc(-c3nc(-c4ccc(-c5ccc6ccccc6c5)cc4)nc(-c4ccc(-c5cccc6ccccc56)cc4)n3)cc2)cc1. The fraction of sp³-hybridized carbons (Fsp3) is 0. The molecule has 9 aromatic rings. The highest BCUT2D eigenvalue weighted by molar-refractivity contribution is 5.97. The van der Waals surface area contributed by atoms with E-state index in [1.54, 1.807) is 0 Å². The zero-order chi connectivity index (χ0) is 33.3. The van der Waals surface area contributed by atoms with Gasteiger partial charge in [-0.25, -0.2) is 15.0 Å². The van der Waals surface area contributed by atoms with Crippen LogP contribution in [0, 0.1) is 0 Å². The smallest absolute Gasteiger partial charge is 0.164 e. The normalized spacial score (nSPS) is 11.2. The Hall–Kier alpha value is -6.71. The molecule has 0 aliphatic heterocycles. The molecular formula is C47H31N3. The molecule has 50 heavy (non-hydrogen) atoms. The van der Waals surface area contributed by atoms with Crippen LogP contribution < -0.4 is 0 Å². The minimum absolute atomic E-state index is 0.639. The molecule has 0 aliphatic carbocycles. The molecule has 9 rings (SSSR count). The second-order valence-electron chi connectivity index (χ2n) is 12.5. The van der Waals surface area contributed by atoms with Crippen LogP contribution in [0.3, 0.4) is 0 Å². The second-order valence-corrected chi connectivity index (χ2v) is 12.5. The van der Waals surface area contributed by atoms with E-state index in [0.29, 0.717) is 17.5 Å². The van der Waals surface area contributed by atoms with Crippen LogP contribution in [-0.2, 0) is 0 Å². The van der Waals surface area contributed by atoms with Gasteiger partial charge in [0.2, 0.25) is 0 Å². The quantitative estimate of drug-likeness (QED) is 0.182. The van der Waals surface area contributed by atoms with Gasteiger partial charge in [0.25, 0.3) is 0 Å². The van der Waals surface area contributed by atoms with Gasteiger partial charge in [-0.2, -0.15) is 0 Å². The third-order valence-corrected chi connectivity index (χ3v) is 9.36. The standard InChI is InChI=1S/C47H31N3/c1-2-9-32(10-3-1)34-17-24-38(25-18-34)45-48-46(39-26-19-35(20-27-39)42-30-21-33-11-4-5-13-41(33)31-42)50-47(49-45)40-28-22-37(23-29-40)44-16-8-14-36-12-6-7-15-43(36)44/h1-31H. The van der Waals surface area contributed by atoms with Crippen LogP contribution in [0.25, 0.3) is 89.1 Å². The van der Waals surface area contributed by atoms with Crippen LogP contribution in [0.4, 0.5) is 0 Å². The molecule has 0 aliphatic rings. The van der Waals surface area contributed by atoms with Crippen molar-refractivity contribution in [2.75, 3.05) is 0 Å². The molecule has 3 heteroatoms. The van der Waals surface area contributed by atoms with E-state index in [4.69, 9.17) is 15.0 Å². The maximum atomic E-state index is 5.04. The molecule has 0 radical (unpaired) electrons. The zero-order valence-electron chi connectivity index (χ0n) is 27.2. The molecule has 0 spiro atoms. The van der Waals surface area contributed by atoms with Gasteiger partial charge in [0.1, 0.15) is 0 Å². The molecule has 8 aromatic carbocycles. The first-order valence-corrected chi connectivity index (χ1v) is 16.9. The molecule has 0 saturated carbocycles. The molecule has 0 saturated heterocycles. The van der Waals surface area contributed by atoms with Crippen molar-refractivity contribution in [2.45, 2.75) is 0 Å². The fourth-order valence-corrected chi connectivity index (χ4v) is 6.66. The maximum absolute atomic E-state index is 5.04. The Kier molecular flexibility index (Phi) is 7.49. The van der Waals surface area contributed by atoms with Crippen molar-refractivity contribution in [3.05, 3.63) is 188 Å². The Morgan fingerprint density at radius 2 is 0.660 bits per heavy atom. The Bertz CT molecular complexity index is 2600. The van der Waals surface area contributed by atoms with Crippen LogP contribution in [0.15, 0.2) is 188 Å². The number of benzene rings is 8. The number of rotatable bonds is 6. The van der Waals surface area contributed by atoms with E-state index in [1.165, 1.54) is 38.2 Å². The van der Waals surface area contributed by atoms with Crippen molar-refractivity contribution in [3.63, 3.8) is 0 Å². The minimum atomic E-state index is 0.639. The van der Waals surface area contributed by atoms with Gasteiger partial charge in [-0.15, -0.1) is 0 Å². The number of nitrogens with zero attached hydrogens (tertiary/aromatic N) is 3. The molecule has 0 N–H and O–H groups in total. The molecule has 3 nitrogen and oxygen atoms in total. The monoisotopic (exact) mass is 637 g/mol. The van der Waals surface area contributed by atoms with Gasteiger partial charge in [0, 0.05) is 16.7 Å². The summed E-state index contributed by atoms with van der Waals surface area (Å²) in [7, 11) is 0. The molecule has 0 atom stereocenters. The third kappa shape index (κ3) is 5.72. The van der Waals surface area contributed by atoms with Crippen molar-refractivity contribution in [3.8, 4) is 67.5 Å². The zero-order valence-corrected chi connectivity index (χ0v) is 27.2. The van der Waals surface area contributed by atoms with Gasteiger partial charge in [-0.05, 0) is 61.0 Å². The summed E-state index contributed by atoms with van der Waals surface area (Å²) >= 11 is 0. The fourth-order valence-electron chi connectivity index (χ4n) is 6.66. The second kappa shape index (κ2) is 12.7. The van der Waals surface area contributed by atoms with E-state index in [2.05, 4.69) is 182 Å². The van der Waals surface area contributed by atoms with E-state index >= 15 is 0 Å². The first kappa shape index (κ1) is 29.4. The van der Waals surface area contributed by atoms with E-state index in [9.17, 15) is 0 Å². The summed E-state index contributed by atoms with van der Waals surface area (Å²) in [4.78, 5) is 15.1. The largest absolute Gasteiger partial charge is 0.208 e. The van der Waals surface area contributed by atoms with Gasteiger partial charge in [0.15, 0.2) is 17.5 Å². The summed E-state index contributed by atoms with van der Waals surface area (Å²) in [6.45, 7) is 0. The Morgan fingerprint density at radius 3 is 1.28 bits per heavy atom. The minimum Gasteiger partial charge on any atom is -0.208 e. The van der Waals surface area contributed by atoms with E-state index < -0.39 is 0 Å². The Labute approximate surface area is 291 Å². The van der Waals surface area contributed by atoms with Crippen molar-refractivity contribution >= 4 is 21.5 Å². The van der Waals surface area contributed by atoms with Gasteiger partial charge in [-0.3, -0.25) is 0 Å². The van der Waals surface area contributed by atoms with Crippen LogP contribution in [0.5, 0.6) is 0 Å². The van der Waals surface area contributed by atoms with Gasteiger partial charge in [0.05, 0.1) is 0 Å². The number of aromatic nitrogens is 3. The first-order chi connectivity index (χ1) is 24.7. The lowest BCUT2D eigenvalue weighted by molar-refractivity contribution is 1.07. The van der Waals surface area contributed by atoms with Crippen molar-refractivity contribution < 1.29 is 0 Å². The highest BCUT2D eigenvalue weighted by Gasteiger charge is 2.14. The number of hydrogen-bond acceptors (Lipinski definition) is 3. The molecule has 1 aromatic heterocycles. The molecule has 0 bridgehead atoms. The summed E-state index contributed by atoms with van der Waals surface area (Å²) < 4.78 is 0. The lowest BCUT2D eigenvalue weighted by Gasteiger charge is -2.11. The van der Waals surface area contributed by atoms with Gasteiger partial charge < -0.3 is 0 Å². The summed E-state index contributed by atoms with van der Waals surface area (Å²) in [6.07, 6.45) is 0. The lowest BCUT2D eigenvalue weighted by Crippen LogP contribution is -2.00. The van der Waals surface area contributed by atoms with Crippen molar-refractivity contribution in [1.29, 1.82) is 0 Å². The van der Waals surface area contributed by atoms with Crippen LogP contribution in [0.2, 0.25) is 0 Å². The van der Waals surface area contributed by atoms with Crippen LogP contribution >= 0.6 is 0 Å². The van der Waals surface area contributed by atoms with Crippen molar-refractivity contribution in [1.82, 2.24) is 15.0 Å². The molecule has 0 fully saturated rings. The predicted octanol–water partition coefficient (Wildman–Crippen LogP) is 12.2. The highest BCUT2D eigenvalue weighted by atomic mass is 15.0. The summed E-state index contributed by atoms with van der Waals surface area (Å²) in [5.41, 5.74) is 9.82. The van der Waals surface area contributed by atoms with Crippen molar-refractivity contribution in [2.24, 2.45) is 0 Å². The number of fused-ring (bicyclic) bond motifs is 2. The first-order valence-electron chi connectivity index (χ1n) is 16.9. The van der Waals surface area contributed by atoms with E-state index in [-0.39, 0.29) is 0 Å². The summed E-state index contributed by atoms with van der Waals surface area (Å²) in [6, 6.07) is 65.9. The van der Waals surface area contributed by atoms with Crippen LogP contribution in [0.1, 0.15) is 0 Å². The number of hydrogen-bond donors (Lipinski definition) is 0. The Morgan fingerprint density at radius 1 is 0.240 bits per heavy atom. The summed E-state index contributed by atoms with van der Waals surface area (Å²) in [5.74, 6) is 1.92. The third-order valence-electron chi connectivity index (χ3n) is 9.36. The summed E-state index contributed by atoms with van der Waals surface area (Å²) in [5, 5.41) is 4.93. The van der Waals surface area contributed by atoms with Gasteiger partial charge in [-0.1, -0.05) is 182 Å². The molecule has 1 heterocycles. The highest BCUT2D eigenvalue weighted by Crippen LogP contribution is 2.32. The molecular weight excluding hydrogens is 607 g/mol. The topological polar surface area (TPSA) is 38.7 Å². The average molecular weight is 638 g/mol. The Balaban J connectivity index is 1.10. The van der Waals surface area contributed by atoms with E-state index in [0.717, 1.165) is 33.4 Å². The predicted molar refractivity (Wildman–Crippen MR) is 207 cm³/mol.